The molecule has 1 aliphatic heterocycles. The van der Waals surface area contributed by atoms with E-state index in [4.69, 9.17) is 4.74 Å². The van der Waals surface area contributed by atoms with Crippen molar-refractivity contribution in [3.8, 4) is 5.75 Å². The van der Waals surface area contributed by atoms with E-state index >= 15 is 0 Å². The van der Waals surface area contributed by atoms with Gasteiger partial charge in [-0.2, -0.15) is 0 Å². The van der Waals surface area contributed by atoms with Gasteiger partial charge in [0.1, 0.15) is 11.4 Å². The van der Waals surface area contributed by atoms with Gasteiger partial charge in [0, 0.05) is 18.0 Å². The Bertz CT molecular complexity index is 423. The van der Waals surface area contributed by atoms with Crippen molar-refractivity contribution in [3.63, 3.8) is 0 Å². The van der Waals surface area contributed by atoms with Crippen molar-refractivity contribution >= 4 is 0 Å². The lowest BCUT2D eigenvalue weighted by molar-refractivity contribution is 0.0648. The van der Waals surface area contributed by atoms with Gasteiger partial charge in [0.15, 0.2) is 0 Å². The van der Waals surface area contributed by atoms with Crippen LogP contribution in [0.4, 0.5) is 0 Å². The third kappa shape index (κ3) is 2.54. The van der Waals surface area contributed by atoms with Crippen molar-refractivity contribution in [2.24, 2.45) is 0 Å². The molecule has 0 aliphatic carbocycles. The lowest BCUT2D eigenvalue weighted by Gasteiger charge is -2.39. The molecule has 1 N–H and O–H groups in total. The van der Waals surface area contributed by atoms with E-state index in [1.165, 1.54) is 11.1 Å². The van der Waals surface area contributed by atoms with Crippen molar-refractivity contribution in [3.05, 3.63) is 29.3 Å². The fraction of sp³-hybridized carbons (Fsp3) is 0.625. The fourth-order valence-electron chi connectivity index (χ4n) is 2.77. The van der Waals surface area contributed by atoms with Crippen molar-refractivity contribution in [2.45, 2.75) is 58.6 Å². The molecule has 100 valence electrons. The van der Waals surface area contributed by atoms with Gasteiger partial charge >= 0.3 is 0 Å². The molecule has 1 aromatic rings. The summed E-state index contributed by atoms with van der Waals surface area (Å²) >= 11 is 0. The Labute approximate surface area is 111 Å². The van der Waals surface area contributed by atoms with Gasteiger partial charge in [-0.25, -0.2) is 0 Å². The summed E-state index contributed by atoms with van der Waals surface area (Å²) in [5, 5.41) is 3.58. The van der Waals surface area contributed by atoms with Gasteiger partial charge in [0.25, 0.3) is 0 Å². The van der Waals surface area contributed by atoms with Gasteiger partial charge in [-0.3, -0.25) is 0 Å². The Morgan fingerprint density at radius 2 is 2.11 bits per heavy atom. The van der Waals surface area contributed by atoms with Crippen LogP contribution >= 0.6 is 0 Å². The second-order valence-electron chi connectivity index (χ2n) is 6.10. The molecular weight excluding hydrogens is 222 g/mol. The molecule has 0 radical (unpaired) electrons. The second kappa shape index (κ2) is 4.93. The summed E-state index contributed by atoms with van der Waals surface area (Å²) in [7, 11) is 0. The van der Waals surface area contributed by atoms with E-state index in [0.29, 0.717) is 12.0 Å². The Hall–Kier alpha value is -1.02. The first-order valence-corrected chi connectivity index (χ1v) is 7.00. The monoisotopic (exact) mass is 247 g/mol. The second-order valence-corrected chi connectivity index (χ2v) is 6.10. The number of fused-ring (bicyclic) bond motifs is 1. The van der Waals surface area contributed by atoms with Crippen molar-refractivity contribution < 1.29 is 4.74 Å². The first-order chi connectivity index (χ1) is 8.44. The zero-order valence-corrected chi connectivity index (χ0v) is 12.2. The van der Waals surface area contributed by atoms with Crippen LogP contribution in [0.15, 0.2) is 18.2 Å². The third-order valence-corrected chi connectivity index (χ3v) is 3.60. The van der Waals surface area contributed by atoms with E-state index in [9.17, 15) is 0 Å². The topological polar surface area (TPSA) is 21.3 Å². The van der Waals surface area contributed by atoms with E-state index < -0.39 is 0 Å². The number of hydrogen-bond donors (Lipinski definition) is 1. The van der Waals surface area contributed by atoms with Crippen molar-refractivity contribution in [2.75, 3.05) is 6.54 Å². The van der Waals surface area contributed by atoms with Gasteiger partial charge in [0.2, 0.25) is 0 Å². The van der Waals surface area contributed by atoms with Crippen LogP contribution in [0.3, 0.4) is 0 Å². The molecule has 0 aromatic heterocycles. The Morgan fingerprint density at radius 3 is 2.72 bits per heavy atom. The van der Waals surface area contributed by atoms with E-state index in [-0.39, 0.29) is 5.60 Å². The summed E-state index contributed by atoms with van der Waals surface area (Å²) in [5.74, 6) is 1.60. The first-order valence-electron chi connectivity index (χ1n) is 7.00. The number of rotatable bonds is 3. The normalized spacial score (nSPS) is 21.6. The molecule has 1 heterocycles. The highest BCUT2D eigenvalue weighted by Crippen LogP contribution is 2.43. The number of ether oxygens (including phenoxy) is 1. The summed E-state index contributed by atoms with van der Waals surface area (Å²) < 4.78 is 6.25. The van der Waals surface area contributed by atoms with Crippen LogP contribution < -0.4 is 10.1 Å². The smallest absolute Gasteiger partial charge is 0.128 e. The van der Waals surface area contributed by atoms with E-state index in [2.05, 4.69) is 58.1 Å². The predicted octanol–water partition coefficient (Wildman–Crippen LogP) is 4.02. The molecule has 1 unspecified atom stereocenters. The maximum absolute atomic E-state index is 6.25. The van der Waals surface area contributed by atoms with Crippen molar-refractivity contribution in [1.29, 1.82) is 0 Å². The predicted molar refractivity (Wildman–Crippen MR) is 76.3 cm³/mol. The van der Waals surface area contributed by atoms with Crippen LogP contribution in [-0.4, -0.2) is 12.1 Å². The zero-order chi connectivity index (χ0) is 13.3. The average molecular weight is 247 g/mol. The maximum atomic E-state index is 6.25. The summed E-state index contributed by atoms with van der Waals surface area (Å²) in [6.45, 7) is 12.0. The molecule has 2 nitrogen and oxygen atoms in total. The Kier molecular flexibility index (Phi) is 3.67. The fourth-order valence-corrected chi connectivity index (χ4v) is 2.77. The summed E-state index contributed by atoms with van der Waals surface area (Å²) in [6, 6.07) is 6.95. The summed E-state index contributed by atoms with van der Waals surface area (Å²) in [6.07, 6.45) is 1.02. The minimum Gasteiger partial charge on any atom is -0.487 e. The molecule has 0 bridgehead atoms. The van der Waals surface area contributed by atoms with Crippen LogP contribution in [0.2, 0.25) is 0 Å². The third-order valence-electron chi connectivity index (χ3n) is 3.60. The van der Waals surface area contributed by atoms with Crippen LogP contribution in [0.1, 0.15) is 64.1 Å². The highest BCUT2D eigenvalue weighted by atomic mass is 16.5. The standard InChI is InChI=1S/C16H25NO/c1-6-17-14-10-16(4,5)18-15-12(11(2)3)8-7-9-13(14)15/h7-9,11,14,17H,6,10H2,1-5H3. The minimum absolute atomic E-state index is 0.0924. The summed E-state index contributed by atoms with van der Waals surface area (Å²) in [4.78, 5) is 0. The zero-order valence-electron chi connectivity index (χ0n) is 12.2. The van der Waals surface area contributed by atoms with E-state index in [1.54, 1.807) is 0 Å². The highest BCUT2D eigenvalue weighted by Gasteiger charge is 2.34. The van der Waals surface area contributed by atoms with Gasteiger partial charge in [-0.1, -0.05) is 39.0 Å². The van der Waals surface area contributed by atoms with E-state index in [1.807, 2.05) is 0 Å². The maximum Gasteiger partial charge on any atom is 0.128 e. The quantitative estimate of drug-likeness (QED) is 0.871. The van der Waals surface area contributed by atoms with Gasteiger partial charge in [-0.15, -0.1) is 0 Å². The minimum atomic E-state index is -0.0924. The molecule has 1 atom stereocenters. The first kappa shape index (κ1) is 13.4. The van der Waals surface area contributed by atoms with Crippen LogP contribution in [0.5, 0.6) is 5.75 Å². The molecule has 0 fully saturated rings. The number of hydrogen-bond acceptors (Lipinski definition) is 2. The molecule has 1 aromatic carbocycles. The number of nitrogens with one attached hydrogen (secondary N) is 1. The lowest BCUT2D eigenvalue weighted by Crippen LogP contribution is -2.39. The molecule has 18 heavy (non-hydrogen) atoms. The van der Waals surface area contributed by atoms with Crippen LogP contribution in [0, 0.1) is 0 Å². The Balaban J connectivity index is 2.48. The molecule has 0 spiro atoms. The van der Waals surface area contributed by atoms with E-state index in [0.717, 1.165) is 18.7 Å². The number of benzene rings is 1. The molecule has 2 rings (SSSR count). The largest absolute Gasteiger partial charge is 0.487 e. The number of para-hydroxylation sites is 1. The molecule has 1 aliphatic rings. The molecule has 2 heteroatoms. The van der Waals surface area contributed by atoms with Crippen LogP contribution in [0.25, 0.3) is 0 Å². The summed E-state index contributed by atoms with van der Waals surface area (Å²) in [5.41, 5.74) is 2.55. The van der Waals surface area contributed by atoms with Gasteiger partial charge in [-0.05, 0) is 31.9 Å². The van der Waals surface area contributed by atoms with Crippen molar-refractivity contribution in [1.82, 2.24) is 5.32 Å². The average Bonchev–Trinajstić information content (AvgIpc) is 2.27. The Morgan fingerprint density at radius 1 is 1.39 bits per heavy atom. The van der Waals surface area contributed by atoms with Crippen LogP contribution in [-0.2, 0) is 0 Å². The highest BCUT2D eigenvalue weighted by molar-refractivity contribution is 5.47. The molecule has 0 amide bonds. The molecule has 0 saturated carbocycles. The molecular formula is C16H25NO. The molecule has 0 saturated heterocycles. The van der Waals surface area contributed by atoms with Gasteiger partial charge in [0.05, 0.1) is 0 Å². The SMILES string of the molecule is CCNC1CC(C)(C)Oc2c(C(C)C)cccc21. The van der Waals surface area contributed by atoms with Gasteiger partial charge < -0.3 is 10.1 Å². The lowest BCUT2D eigenvalue weighted by atomic mass is 9.86.